The van der Waals surface area contributed by atoms with E-state index in [9.17, 15) is 39.0 Å². The monoisotopic (exact) mass is 531 g/mol. The van der Waals surface area contributed by atoms with Crippen molar-refractivity contribution in [2.75, 3.05) is 6.54 Å². The van der Waals surface area contributed by atoms with Gasteiger partial charge in [-0.1, -0.05) is 13.8 Å². The standard InChI is InChI=1S/C21H37N7O9/c1-10(2)8-14(20(36)37)28-19(35)13(9-16(31)32)27-18(34)12(4-3-7-25-21(23)24)26-17(33)11(22)5-6-15(29)30/h10-14H,3-9,22H2,1-2H3,(H,26,33)(H,27,34)(H,28,35)(H,29,30)(H,31,32)(H,36,37)(H4,23,24,25). The summed E-state index contributed by atoms with van der Waals surface area (Å²) in [5.41, 5.74) is 16.2. The van der Waals surface area contributed by atoms with Gasteiger partial charge in [0.05, 0.1) is 12.5 Å². The van der Waals surface area contributed by atoms with E-state index < -0.39 is 72.6 Å². The van der Waals surface area contributed by atoms with Gasteiger partial charge in [-0.2, -0.15) is 0 Å². The molecule has 210 valence electrons. The molecule has 0 rings (SSSR count). The molecular formula is C21H37N7O9. The first-order valence-corrected chi connectivity index (χ1v) is 11.5. The lowest BCUT2D eigenvalue weighted by Crippen LogP contribution is -2.57. The van der Waals surface area contributed by atoms with Crippen LogP contribution in [-0.4, -0.2) is 87.6 Å². The fourth-order valence-electron chi connectivity index (χ4n) is 3.08. The number of amides is 3. The molecule has 0 aromatic carbocycles. The second-order valence-electron chi connectivity index (χ2n) is 8.74. The summed E-state index contributed by atoms with van der Waals surface area (Å²) >= 11 is 0. The van der Waals surface area contributed by atoms with Crippen LogP contribution in [0.2, 0.25) is 0 Å². The largest absolute Gasteiger partial charge is 0.481 e. The number of nitrogens with zero attached hydrogens (tertiary/aromatic N) is 1. The van der Waals surface area contributed by atoms with E-state index in [2.05, 4.69) is 20.9 Å². The molecule has 0 radical (unpaired) electrons. The molecule has 4 unspecified atom stereocenters. The number of aliphatic imine (C=N–C) groups is 1. The van der Waals surface area contributed by atoms with Crippen LogP contribution >= 0.6 is 0 Å². The molecule has 0 saturated carbocycles. The van der Waals surface area contributed by atoms with Gasteiger partial charge < -0.3 is 48.5 Å². The molecule has 0 bridgehead atoms. The van der Waals surface area contributed by atoms with Gasteiger partial charge in [-0.3, -0.25) is 29.0 Å². The van der Waals surface area contributed by atoms with Crippen LogP contribution in [0.4, 0.5) is 0 Å². The lowest BCUT2D eigenvalue weighted by atomic mass is 10.0. The van der Waals surface area contributed by atoms with Crippen molar-refractivity contribution in [2.45, 2.75) is 76.5 Å². The fraction of sp³-hybridized carbons (Fsp3) is 0.667. The zero-order valence-electron chi connectivity index (χ0n) is 20.8. The van der Waals surface area contributed by atoms with Crippen molar-refractivity contribution >= 4 is 41.6 Å². The lowest BCUT2D eigenvalue weighted by Gasteiger charge is -2.25. The van der Waals surface area contributed by atoms with E-state index in [4.69, 9.17) is 22.3 Å². The Hall–Kier alpha value is -3.95. The summed E-state index contributed by atoms with van der Waals surface area (Å²) in [5, 5.41) is 34.1. The highest BCUT2D eigenvalue weighted by atomic mass is 16.4. The summed E-state index contributed by atoms with van der Waals surface area (Å²) < 4.78 is 0. The third-order valence-corrected chi connectivity index (χ3v) is 4.92. The molecule has 3 amide bonds. The maximum Gasteiger partial charge on any atom is 0.326 e. The number of aliphatic carboxylic acids is 3. The molecule has 0 aliphatic rings. The molecule has 16 heteroatoms. The number of hydrogen-bond acceptors (Lipinski definition) is 8. The number of nitrogens with one attached hydrogen (secondary N) is 3. The quantitative estimate of drug-likeness (QED) is 0.0495. The molecule has 0 spiro atoms. The van der Waals surface area contributed by atoms with Gasteiger partial charge in [-0.05, 0) is 31.6 Å². The Labute approximate surface area is 213 Å². The third kappa shape index (κ3) is 14.9. The Bertz CT molecular complexity index is 859. The third-order valence-electron chi connectivity index (χ3n) is 4.92. The van der Waals surface area contributed by atoms with Crippen LogP contribution in [0.1, 0.15) is 52.4 Å². The molecule has 37 heavy (non-hydrogen) atoms. The van der Waals surface area contributed by atoms with Crippen molar-refractivity contribution in [2.24, 2.45) is 28.1 Å². The van der Waals surface area contributed by atoms with Gasteiger partial charge in [0, 0.05) is 13.0 Å². The number of carboxylic acid groups (broad SMARTS) is 3. The molecule has 16 nitrogen and oxygen atoms in total. The van der Waals surface area contributed by atoms with E-state index >= 15 is 0 Å². The van der Waals surface area contributed by atoms with Crippen molar-refractivity contribution in [3.05, 3.63) is 0 Å². The summed E-state index contributed by atoms with van der Waals surface area (Å²) in [6.45, 7) is 3.55. The Morgan fingerprint density at radius 1 is 0.784 bits per heavy atom. The van der Waals surface area contributed by atoms with E-state index in [0.29, 0.717) is 0 Å². The van der Waals surface area contributed by atoms with E-state index in [1.807, 2.05) is 0 Å². The van der Waals surface area contributed by atoms with Crippen LogP contribution in [0.5, 0.6) is 0 Å². The second-order valence-corrected chi connectivity index (χ2v) is 8.74. The van der Waals surface area contributed by atoms with Crippen LogP contribution in [-0.2, 0) is 28.8 Å². The van der Waals surface area contributed by atoms with Gasteiger partial charge >= 0.3 is 17.9 Å². The first-order valence-electron chi connectivity index (χ1n) is 11.5. The molecule has 4 atom stereocenters. The highest BCUT2D eigenvalue weighted by molar-refractivity contribution is 5.95. The van der Waals surface area contributed by atoms with Crippen LogP contribution in [0, 0.1) is 5.92 Å². The van der Waals surface area contributed by atoms with Gasteiger partial charge in [-0.25, -0.2) is 4.79 Å². The van der Waals surface area contributed by atoms with Crippen molar-refractivity contribution in [1.82, 2.24) is 16.0 Å². The summed E-state index contributed by atoms with van der Waals surface area (Å²) in [4.78, 5) is 75.3. The fourth-order valence-corrected chi connectivity index (χ4v) is 3.08. The van der Waals surface area contributed by atoms with Crippen molar-refractivity contribution in [1.29, 1.82) is 0 Å². The van der Waals surface area contributed by atoms with E-state index in [0.717, 1.165) is 0 Å². The Kier molecular flexibility index (Phi) is 14.9. The lowest BCUT2D eigenvalue weighted by molar-refractivity contribution is -0.144. The smallest absolute Gasteiger partial charge is 0.326 e. The maximum atomic E-state index is 13.0. The molecule has 0 saturated heterocycles. The zero-order chi connectivity index (χ0) is 28.7. The average Bonchev–Trinajstić information content (AvgIpc) is 2.77. The molecule has 0 aromatic rings. The van der Waals surface area contributed by atoms with Crippen LogP contribution < -0.4 is 33.2 Å². The summed E-state index contributed by atoms with van der Waals surface area (Å²) in [6.07, 6.45) is -1.26. The minimum absolute atomic E-state index is 0.0491. The minimum Gasteiger partial charge on any atom is -0.481 e. The van der Waals surface area contributed by atoms with Gasteiger partial charge in [0.15, 0.2) is 5.96 Å². The molecule has 0 aromatic heterocycles. The molecule has 0 heterocycles. The Morgan fingerprint density at radius 2 is 1.32 bits per heavy atom. The highest BCUT2D eigenvalue weighted by Gasteiger charge is 2.31. The van der Waals surface area contributed by atoms with Gasteiger partial charge in [0.1, 0.15) is 18.1 Å². The molecule has 12 N–H and O–H groups in total. The predicted molar refractivity (Wildman–Crippen MR) is 130 cm³/mol. The number of carbonyl (C=O) groups excluding carboxylic acids is 3. The van der Waals surface area contributed by atoms with Gasteiger partial charge in [-0.15, -0.1) is 0 Å². The maximum absolute atomic E-state index is 13.0. The second kappa shape index (κ2) is 16.7. The van der Waals surface area contributed by atoms with E-state index in [1.54, 1.807) is 13.8 Å². The first kappa shape index (κ1) is 33.0. The molecule has 0 aliphatic heterocycles. The number of rotatable bonds is 18. The van der Waals surface area contributed by atoms with Crippen molar-refractivity contribution in [3.8, 4) is 0 Å². The normalized spacial score (nSPS) is 13.9. The molecule has 0 fully saturated rings. The van der Waals surface area contributed by atoms with Gasteiger partial charge in [0.2, 0.25) is 17.7 Å². The van der Waals surface area contributed by atoms with E-state index in [-0.39, 0.29) is 44.1 Å². The molecule has 0 aliphatic carbocycles. The highest BCUT2D eigenvalue weighted by Crippen LogP contribution is 2.07. The summed E-state index contributed by atoms with van der Waals surface area (Å²) in [5.74, 6) is -7.08. The number of guanidine groups is 1. The number of carbonyl (C=O) groups is 6. The SMILES string of the molecule is CC(C)CC(NC(=O)C(CC(=O)O)NC(=O)C(CCCN=C(N)N)NC(=O)C(N)CCC(=O)O)C(=O)O. The van der Waals surface area contributed by atoms with Crippen molar-refractivity contribution in [3.63, 3.8) is 0 Å². The summed E-state index contributed by atoms with van der Waals surface area (Å²) in [7, 11) is 0. The van der Waals surface area contributed by atoms with Crippen LogP contribution in [0.25, 0.3) is 0 Å². The van der Waals surface area contributed by atoms with Gasteiger partial charge in [0.25, 0.3) is 0 Å². The number of carboxylic acids is 3. The molecular weight excluding hydrogens is 494 g/mol. The predicted octanol–water partition coefficient (Wildman–Crippen LogP) is -2.71. The number of hydrogen-bond donors (Lipinski definition) is 9. The topological polar surface area (TPSA) is 290 Å². The minimum atomic E-state index is -1.66. The average molecular weight is 532 g/mol. The van der Waals surface area contributed by atoms with Crippen molar-refractivity contribution < 1.29 is 44.1 Å². The first-order chi connectivity index (χ1) is 17.1. The number of nitrogens with two attached hydrogens (primary N) is 3. The zero-order valence-corrected chi connectivity index (χ0v) is 20.8. The van der Waals surface area contributed by atoms with E-state index in [1.165, 1.54) is 0 Å². The van der Waals surface area contributed by atoms with Crippen LogP contribution in [0.15, 0.2) is 4.99 Å². The summed E-state index contributed by atoms with van der Waals surface area (Å²) in [6, 6.07) is -5.54. The Balaban J connectivity index is 5.64. The van der Waals surface area contributed by atoms with Crippen LogP contribution in [0.3, 0.4) is 0 Å². The Morgan fingerprint density at radius 3 is 1.81 bits per heavy atom.